The highest BCUT2D eigenvalue weighted by Crippen LogP contribution is 2.12. The lowest BCUT2D eigenvalue weighted by atomic mass is 10.1. The number of carbonyl (C=O) groups is 3. The first-order chi connectivity index (χ1) is 33.5. The van der Waals surface area contributed by atoms with Gasteiger partial charge >= 0.3 is 17.9 Å². The number of esters is 3. The Bertz CT molecular complexity index is 1540. The van der Waals surface area contributed by atoms with Crippen LogP contribution in [-0.2, 0) is 28.6 Å². The maximum Gasteiger partial charge on any atom is 0.306 e. The van der Waals surface area contributed by atoms with Crippen LogP contribution >= 0.6 is 0 Å². The first-order valence-electron chi connectivity index (χ1n) is 26.8. The molecule has 0 fully saturated rings. The lowest BCUT2D eigenvalue weighted by Gasteiger charge is -2.18. The van der Waals surface area contributed by atoms with Gasteiger partial charge in [-0.3, -0.25) is 14.4 Å². The van der Waals surface area contributed by atoms with Crippen LogP contribution < -0.4 is 0 Å². The second-order valence-electron chi connectivity index (χ2n) is 17.0. The molecule has 0 N–H and O–H groups in total. The molecule has 0 bridgehead atoms. The number of unbranched alkanes of at least 4 members (excludes halogenated alkanes) is 11. The number of hydrogen-bond acceptors (Lipinski definition) is 6. The molecular formula is C62H96O6. The Morgan fingerprint density at radius 1 is 0.309 bits per heavy atom. The van der Waals surface area contributed by atoms with Gasteiger partial charge in [-0.05, 0) is 135 Å². The van der Waals surface area contributed by atoms with Gasteiger partial charge in [-0.1, -0.05) is 199 Å². The molecule has 68 heavy (non-hydrogen) atoms. The van der Waals surface area contributed by atoms with Crippen LogP contribution in [0, 0.1) is 0 Å². The summed E-state index contributed by atoms with van der Waals surface area (Å²) < 4.78 is 16.7. The standard InChI is InChI=1S/C62H96O6/c1-4-7-10-13-16-19-22-24-25-26-27-28-29-30-31-32-33-34-35-36-37-39-40-43-46-49-52-55-61(64)67-58-59(57-66-60(63)54-51-48-45-42-21-18-15-12-9-6-3)68-62(65)56-53-50-47-44-41-38-23-20-17-14-11-8-5-2/h7-8,10-12,15-17,19-20,24-25,27-28,30-31,33-34,36-38,40-41,43,59H,4-6,9,13-14,18,21-23,26,29,32,35,39,42,44-58H2,1-3H3/b10-7-,11-8-,15-12-,19-16-,20-17-,25-24-,28-27-,31-30-,34-33-,37-36-,41-38-,43-40-. The van der Waals surface area contributed by atoms with Gasteiger partial charge in [0.25, 0.3) is 0 Å². The van der Waals surface area contributed by atoms with Gasteiger partial charge in [-0.15, -0.1) is 0 Å². The maximum atomic E-state index is 12.8. The van der Waals surface area contributed by atoms with Crippen LogP contribution in [0.15, 0.2) is 146 Å². The number of carbonyl (C=O) groups excluding carboxylic acids is 3. The molecule has 6 nitrogen and oxygen atoms in total. The fourth-order valence-electron chi connectivity index (χ4n) is 6.59. The van der Waals surface area contributed by atoms with Gasteiger partial charge in [-0.25, -0.2) is 0 Å². The summed E-state index contributed by atoms with van der Waals surface area (Å²) in [4.78, 5) is 37.9. The second-order valence-corrected chi connectivity index (χ2v) is 17.0. The number of rotatable bonds is 46. The van der Waals surface area contributed by atoms with Crippen molar-refractivity contribution in [3.05, 3.63) is 146 Å². The van der Waals surface area contributed by atoms with Crippen molar-refractivity contribution in [1.29, 1.82) is 0 Å². The number of ether oxygens (including phenoxy) is 3. The molecule has 0 aromatic carbocycles. The van der Waals surface area contributed by atoms with E-state index >= 15 is 0 Å². The Morgan fingerprint density at radius 3 is 0.956 bits per heavy atom. The van der Waals surface area contributed by atoms with Crippen LogP contribution in [0.1, 0.15) is 207 Å². The molecule has 0 rings (SSSR count). The largest absolute Gasteiger partial charge is 0.462 e. The summed E-state index contributed by atoms with van der Waals surface area (Å²) in [6, 6.07) is 0. The smallest absolute Gasteiger partial charge is 0.306 e. The molecule has 0 heterocycles. The van der Waals surface area contributed by atoms with Crippen molar-refractivity contribution in [3.63, 3.8) is 0 Å². The van der Waals surface area contributed by atoms with Crippen LogP contribution in [0.4, 0.5) is 0 Å². The SMILES string of the molecule is CC/C=C\C/C=C\C/C=C\C/C=C\C/C=C\C/C=C\C/C=C\C/C=C\CCCCC(=O)OCC(COC(=O)CCCCCCC/C=C\CCC)OC(=O)CCCCC/C=C\C/C=C\C/C=C\CC. The van der Waals surface area contributed by atoms with Gasteiger partial charge in [0, 0.05) is 19.3 Å². The van der Waals surface area contributed by atoms with Gasteiger partial charge in [0.1, 0.15) is 13.2 Å². The van der Waals surface area contributed by atoms with E-state index in [0.29, 0.717) is 19.3 Å². The molecule has 0 saturated carbocycles. The molecule has 0 amide bonds. The Kier molecular flexibility index (Phi) is 51.1. The Hall–Kier alpha value is -4.71. The molecule has 380 valence electrons. The molecule has 1 unspecified atom stereocenters. The van der Waals surface area contributed by atoms with E-state index in [2.05, 4.69) is 167 Å². The van der Waals surface area contributed by atoms with Crippen LogP contribution in [0.25, 0.3) is 0 Å². The zero-order valence-electron chi connectivity index (χ0n) is 43.3. The van der Waals surface area contributed by atoms with E-state index < -0.39 is 6.10 Å². The molecule has 0 aliphatic heterocycles. The van der Waals surface area contributed by atoms with Gasteiger partial charge in [0.2, 0.25) is 0 Å². The van der Waals surface area contributed by atoms with E-state index in [1.54, 1.807) is 0 Å². The van der Waals surface area contributed by atoms with Crippen LogP contribution in [0.3, 0.4) is 0 Å². The molecular weight excluding hydrogens is 841 g/mol. The van der Waals surface area contributed by atoms with E-state index in [1.807, 2.05) is 0 Å². The monoisotopic (exact) mass is 937 g/mol. The van der Waals surface area contributed by atoms with Gasteiger partial charge in [-0.2, -0.15) is 0 Å². The third-order valence-electron chi connectivity index (χ3n) is 10.5. The van der Waals surface area contributed by atoms with Gasteiger partial charge in [0.05, 0.1) is 0 Å². The van der Waals surface area contributed by atoms with Crippen molar-refractivity contribution in [2.75, 3.05) is 13.2 Å². The molecule has 0 aromatic rings. The van der Waals surface area contributed by atoms with Crippen LogP contribution in [0.5, 0.6) is 0 Å². The predicted octanol–water partition coefficient (Wildman–Crippen LogP) is 18.0. The highest BCUT2D eigenvalue weighted by molar-refractivity contribution is 5.71. The zero-order valence-corrected chi connectivity index (χ0v) is 43.3. The van der Waals surface area contributed by atoms with E-state index in [4.69, 9.17) is 14.2 Å². The van der Waals surface area contributed by atoms with E-state index in [1.165, 1.54) is 12.8 Å². The van der Waals surface area contributed by atoms with E-state index in [0.717, 1.165) is 141 Å². The highest BCUT2D eigenvalue weighted by atomic mass is 16.6. The lowest BCUT2D eigenvalue weighted by molar-refractivity contribution is -0.167. The first-order valence-corrected chi connectivity index (χ1v) is 26.8. The Labute approximate surface area is 417 Å². The quantitative estimate of drug-likeness (QED) is 0.0262. The molecule has 0 saturated heterocycles. The second kappa shape index (κ2) is 54.9. The van der Waals surface area contributed by atoms with E-state index in [9.17, 15) is 14.4 Å². The molecule has 0 radical (unpaired) electrons. The fourth-order valence-corrected chi connectivity index (χ4v) is 6.59. The molecule has 0 aliphatic rings. The minimum absolute atomic E-state index is 0.114. The number of allylic oxidation sites excluding steroid dienone is 24. The summed E-state index contributed by atoms with van der Waals surface area (Å²) in [5, 5.41) is 0. The van der Waals surface area contributed by atoms with Crippen molar-refractivity contribution < 1.29 is 28.6 Å². The molecule has 0 aromatic heterocycles. The summed E-state index contributed by atoms with van der Waals surface area (Å²) in [6.07, 6.45) is 78.5. The van der Waals surface area contributed by atoms with Crippen molar-refractivity contribution in [2.45, 2.75) is 213 Å². The third kappa shape index (κ3) is 52.3. The molecule has 0 aliphatic carbocycles. The summed E-state index contributed by atoms with van der Waals surface area (Å²) in [6.45, 7) is 6.25. The van der Waals surface area contributed by atoms with E-state index in [-0.39, 0.29) is 44.0 Å². The van der Waals surface area contributed by atoms with Crippen molar-refractivity contribution >= 4 is 17.9 Å². The molecule has 1 atom stereocenters. The molecule has 0 spiro atoms. The molecule has 6 heteroatoms. The Balaban J connectivity index is 4.42. The van der Waals surface area contributed by atoms with Crippen molar-refractivity contribution in [3.8, 4) is 0 Å². The third-order valence-corrected chi connectivity index (χ3v) is 10.5. The normalized spacial score (nSPS) is 13.3. The average molecular weight is 937 g/mol. The summed E-state index contributed by atoms with van der Waals surface area (Å²) in [7, 11) is 0. The predicted molar refractivity (Wildman–Crippen MR) is 292 cm³/mol. The minimum Gasteiger partial charge on any atom is -0.462 e. The summed E-state index contributed by atoms with van der Waals surface area (Å²) in [5.41, 5.74) is 0. The summed E-state index contributed by atoms with van der Waals surface area (Å²) >= 11 is 0. The Morgan fingerprint density at radius 2 is 0.574 bits per heavy atom. The van der Waals surface area contributed by atoms with Gasteiger partial charge < -0.3 is 14.2 Å². The highest BCUT2D eigenvalue weighted by Gasteiger charge is 2.19. The average Bonchev–Trinajstić information content (AvgIpc) is 3.34. The van der Waals surface area contributed by atoms with Crippen molar-refractivity contribution in [1.82, 2.24) is 0 Å². The minimum atomic E-state index is -0.819. The van der Waals surface area contributed by atoms with Crippen molar-refractivity contribution in [2.24, 2.45) is 0 Å². The van der Waals surface area contributed by atoms with Crippen LogP contribution in [-0.4, -0.2) is 37.2 Å². The van der Waals surface area contributed by atoms with Crippen LogP contribution in [0.2, 0.25) is 0 Å². The van der Waals surface area contributed by atoms with Gasteiger partial charge in [0.15, 0.2) is 6.10 Å². The topological polar surface area (TPSA) is 78.9 Å². The fraction of sp³-hybridized carbons (Fsp3) is 0.565. The maximum absolute atomic E-state index is 12.8. The number of hydrogen-bond donors (Lipinski definition) is 0. The lowest BCUT2D eigenvalue weighted by Crippen LogP contribution is -2.30. The first kappa shape index (κ1) is 63.3. The summed E-state index contributed by atoms with van der Waals surface area (Å²) in [5.74, 6) is -1.01. The zero-order chi connectivity index (χ0) is 49.3.